The van der Waals surface area contributed by atoms with Crippen molar-refractivity contribution in [2.24, 2.45) is 0 Å². The zero-order chi connectivity index (χ0) is 22.5. The summed E-state index contributed by atoms with van der Waals surface area (Å²) in [6.07, 6.45) is 3.65. The minimum atomic E-state index is -0.757. The van der Waals surface area contributed by atoms with Gasteiger partial charge in [-0.15, -0.1) is 0 Å². The third kappa shape index (κ3) is 8.27. The summed E-state index contributed by atoms with van der Waals surface area (Å²) in [6.45, 7) is 3.86. The third-order valence-electron chi connectivity index (χ3n) is 3.83. The number of ether oxygens (including phenoxy) is 2. The van der Waals surface area contributed by atoms with Crippen molar-refractivity contribution in [1.82, 2.24) is 10.6 Å². The summed E-state index contributed by atoms with van der Waals surface area (Å²) in [7, 11) is 0. The SMILES string of the molecule is CCOC(=O)C(CSC)NC(=O)c1ccc(C(=O)NC(CSC)C(=O)OCC)cc1. The van der Waals surface area contributed by atoms with Gasteiger partial charge in [-0.25, -0.2) is 9.59 Å². The molecular formula is C20H28N2O6S2. The van der Waals surface area contributed by atoms with Gasteiger partial charge < -0.3 is 20.1 Å². The molecule has 0 saturated carbocycles. The van der Waals surface area contributed by atoms with Crippen LogP contribution in [0.25, 0.3) is 0 Å². The molecule has 0 saturated heterocycles. The van der Waals surface area contributed by atoms with E-state index in [0.717, 1.165) is 0 Å². The first-order chi connectivity index (χ1) is 14.4. The van der Waals surface area contributed by atoms with E-state index in [-0.39, 0.29) is 13.2 Å². The summed E-state index contributed by atoms with van der Waals surface area (Å²) in [5.74, 6) is -1.10. The lowest BCUT2D eigenvalue weighted by atomic mass is 10.1. The first-order valence-corrected chi connectivity index (χ1v) is 12.2. The van der Waals surface area contributed by atoms with Crippen molar-refractivity contribution in [1.29, 1.82) is 0 Å². The number of thioether (sulfide) groups is 2. The molecule has 0 aliphatic carbocycles. The third-order valence-corrected chi connectivity index (χ3v) is 5.16. The van der Waals surface area contributed by atoms with Crippen molar-refractivity contribution in [3.63, 3.8) is 0 Å². The number of carbonyl (C=O) groups excluding carboxylic acids is 4. The maximum Gasteiger partial charge on any atom is 0.329 e. The Morgan fingerprint density at radius 1 is 0.767 bits per heavy atom. The minimum absolute atomic E-state index is 0.229. The van der Waals surface area contributed by atoms with E-state index >= 15 is 0 Å². The molecule has 2 amide bonds. The Morgan fingerprint density at radius 3 is 1.37 bits per heavy atom. The van der Waals surface area contributed by atoms with Crippen LogP contribution in [-0.2, 0) is 19.1 Å². The quantitative estimate of drug-likeness (QED) is 0.458. The molecule has 1 aromatic carbocycles. The smallest absolute Gasteiger partial charge is 0.329 e. The van der Waals surface area contributed by atoms with Crippen LogP contribution < -0.4 is 10.6 Å². The highest BCUT2D eigenvalue weighted by Crippen LogP contribution is 2.08. The molecule has 0 heterocycles. The van der Waals surface area contributed by atoms with Crippen molar-refractivity contribution in [3.8, 4) is 0 Å². The summed E-state index contributed by atoms with van der Waals surface area (Å²) < 4.78 is 9.96. The van der Waals surface area contributed by atoms with Crippen LogP contribution >= 0.6 is 23.5 Å². The standard InChI is InChI=1S/C20H28N2O6S2/c1-5-27-19(25)15(11-29-3)21-17(23)13-7-9-14(10-8-13)18(24)22-16(12-30-4)20(26)28-6-2/h7-10,15-16H,5-6,11-12H2,1-4H3,(H,21,23)(H,22,24). The highest BCUT2D eigenvalue weighted by Gasteiger charge is 2.24. The molecule has 0 fully saturated rings. The van der Waals surface area contributed by atoms with Gasteiger partial charge in [-0.2, -0.15) is 23.5 Å². The topological polar surface area (TPSA) is 111 Å². The van der Waals surface area contributed by atoms with Crippen LogP contribution in [0.15, 0.2) is 24.3 Å². The first kappa shape index (κ1) is 25.8. The van der Waals surface area contributed by atoms with Crippen LogP contribution in [0.3, 0.4) is 0 Å². The van der Waals surface area contributed by atoms with Crippen molar-refractivity contribution in [2.75, 3.05) is 37.2 Å². The summed E-state index contributed by atoms with van der Waals surface area (Å²) in [6, 6.07) is 4.43. The summed E-state index contributed by atoms with van der Waals surface area (Å²) >= 11 is 2.83. The zero-order valence-corrected chi connectivity index (χ0v) is 19.2. The number of esters is 2. The van der Waals surface area contributed by atoms with Crippen molar-refractivity contribution in [3.05, 3.63) is 35.4 Å². The predicted octanol–water partition coefficient (Wildman–Crippen LogP) is 1.74. The largest absolute Gasteiger partial charge is 0.464 e. The Kier molecular flexibility index (Phi) is 12.0. The van der Waals surface area contributed by atoms with E-state index in [1.54, 1.807) is 13.8 Å². The molecule has 0 aliphatic rings. The Bertz CT molecular complexity index is 666. The minimum Gasteiger partial charge on any atom is -0.464 e. The molecular weight excluding hydrogens is 428 g/mol. The molecule has 2 N–H and O–H groups in total. The number of hydrogen-bond acceptors (Lipinski definition) is 8. The molecule has 1 aromatic rings. The van der Waals surface area contributed by atoms with Crippen molar-refractivity contribution in [2.45, 2.75) is 25.9 Å². The summed E-state index contributed by atoms with van der Waals surface area (Å²) in [4.78, 5) is 48.8. The molecule has 10 heteroatoms. The monoisotopic (exact) mass is 456 g/mol. The van der Waals surface area contributed by atoms with Gasteiger partial charge in [0.05, 0.1) is 13.2 Å². The fourth-order valence-electron chi connectivity index (χ4n) is 2.41. The Morgan fingerprint density at radius 2 is 1.10 bits per heavy atom. The van der Waals surface area contributed by atoms with Gasteiger partial charge in [0.2, 0.25) is 0 Å². The van der Waals surface area contributed by atoms with Crippen LogP contribution in [0.4, 0.5) is 0 Å². The molecule has 2 atom stereocenters. The van der Waals surface area contributed by atoms with Gasteiger partial charge in [-0.05, 0) is 50.6 Å². The number of rotatable bonds is 12. The number of nitrogens with one attached hydrogen (secondary N) is 2. The van der Waals surface area contributed by atoms with Gasteiger partial charge in [0.1, 0.15) is 12.1 Å². The van der Waals surface area contributed by atoms with E-state index < -0.39 is 35.8 Å². The maximum atomic E-state index is 12.5. The van der Waals surface area contributed by atoms with Crippen molar-refractivity contribution >= 4 is 47.3 Å². The molecule has 0 bridgehead atoms. The highest BCUT2D eigenvalue weighted by molar-refractivity contribution is 7.98. The first-order valence-electron chi connectivity index (χ1n) is 9.40. The summed E-state index contributed by atoms with van der Waals surface area (Å²) in [5.41, 5.74) is 0.598. The Hall–Kier alpha value is -2.20. The zero-order valence-electron chi connectivity index (χ0n) is 17.6. The molecule has 0 aromatic heterocycles. The molecule has 1 rings (SSSR count). The van der Waals surface area contributed by atoms with E-state index in [1.165, 1.54) is 47.8 Å². The number of amides is 2. The fourth-order valence-corrected chi connectivity index (χ4v) is 3.52. The molecule has 166 valence electrons. The lowest BCUT2D eigenvalue weighted by molar-refractivity contribution is -0.145. The molecule has 30 heavy (non-hydrogen) atoms. The van der Waals surface area contributed by atoms with E-state index in [9.17, 15) is 19.2 Å². The van der Waals surface area contributed by atoms with E-state index in [1.807, 2.05) is 12.5 Å². The second-order valence-corrected chi connectivity index (χ2v) is 7.87. The molecule has 0 radical (unpaired) electrons. The average Bonchev–Trinajstić information content (AvgIpc) is 2.73. The van der Waals surface area contributed by atoms with E-state index in [0.29, 0.717) is 22.6 Å². The fraction of sp³-hybridized carbons (Fsp3) is 0.500. The van der Waals surface area contributed by atoms with Crippen LogP contribution in [0.2, 0.25) is 0 Å². The van der Waals surface area contributed by atoms with Gasteiger partial charge in [-0.1, -0.05) is 0 Å². The average molecular weight is 457 g/mol. The number of carbonyl (C=O) groups is 4. The lowest BCUT2D eigenvalue weighted by Crippen LogP contribution is -2.44. The molecule has 0 aliphatic heterocycles. The van der Waals surface area contributed by atoms with Gasteiger partial charge in [0.15, 0.2) is 0 Å². The predicted molar refractivity (Wildman–Crippen MR) is 119 cm³/mol. The number of benzene rings is 1. The number of hydrogen-bond donors (Lipinski definition) is 2. The normalized spacial score (nSPS) is 12.4. The molecule has 8 nitrogen and oxygen atoms in total. The molecule has 2 unspecified atom stereocenters. The van der Waals surface area contributed by atoms with Crippen LogP contribution in [0.1, 0.15) is 34.6 Å². The van der Waals surface area contributed by atoms with E-state index in [2.05, 4.69) is 10.6 Å². The second-order valence-electron chi connectivity index (χ2n) is 6.04. The van der Waals surface area contributed by atoms with Gasteiger partial charge >= 0.3 is 11.9 Å². The Balaban J connectivity index is 2.80. The Labute approximate surface area is 185 Å². The van der Waals surface area contributed by atoms with Gasteiger partial charge in [-0.3, -0.25) is 9.59 Å². The van der Waals surface area contributed by atoms with Crippen LogP contribution in [0, 0.1) is 0 Å². The molecule has 0 spiro atoms. The van der Waals surface area contributed by atoms with Crippen molar-refractivity contribution < 1.29 is 28.7 Å². The summed E-state index contributed by atoms with van der Waals surface area (Å²) in [5, 5.41) is 5.29. The second kappa shape index (κ2) is 13.9. The lowest BCUT2D eigenvalue weighted by Gasteiger charge is -2.17. The van der Waals surface area contributed by atoms with Gasteiger partial charge in [0, 0.05) is 22.6 Å². The van der Waals surface area contributed by atoms with E-state index in [4.69, 9.17) is 9.47 Å². The maximum absolute atomic E-state index is 12.5. The highest BCUT2D eigenvalue weighted by atomic mass is 32.2. The van der Waals surface area contributed by atoms with Crippen LogP contribution in [-0.4, -0.2) is 73.1 Å². The van der Waals surface area contributed by atoms with Gasteiger partial charge in [0.25, 0.3) is 11.8 Å². The van der Waals surface area contributed by atoms with Crippen LogP contribution in [0.5, 0.6) is 0 Å².